The molecule has 5 heteroatoms. The van der Waals surface area contributed by atoms with Crippen molar-refractivity contribution in [3.05, 3.63) is 64.5 Å². The van der Waals surface area contributed by atoms with Gasteiger partial charge in [-0.05, 0) is 49.4 Å². The second-order valence-corrected chi connectivity index (χ2v) is 7.37. The number of hydrogen-bond donors (Lipinski definition) is 2. The van der Waals surface area contributed by atoms with Gasteiger partial charge in [0, 0.05) is 18.2 Å². The van der Waals surface area contributed by atoms with Crippen LogP contribution in [0.25, 0.3) is 0 Å². The molecule has 0 unspecified atom stereocenters. The van der Waals surface area contributed by atoms with Gasteiger partial charge < -0.3 is 15.8 Å². The topological polar surface area (TPSA) is 64.3 Å². The fraction of sp³-hybridized carbons (Fsp3) is 0.409. The number of aryl methyl sites for hydroxylation is 2. The molecule has 0 aliphatic heterocycles. The standard InChI is InChI=1S/C22H27FN2O2/c1-14-10-16(12-25-20-9-5-7-18(20)22(24)26)11-15(2)21(14)27-13-17-6-3-4-8-19(17)23/h3-4,6,8,10-11,18,20,25H,5,7,9,12-13H2,1-2H3,(H2,24,26)/t18-,20+/m1/s1. The van der Waals surface area contributed by atoms with Crippen LogP contribution in [0.4, 0.5) is 4.39 Å². The zero-order chi connectivity index (χ0) is 19.4. The average Bonchev–Trinajstić information content (AvgIpc) is 3.09. The van der Waals surface area contributed by atoms with E-state index in [1.807, 2.05) is 13.8 Å². The molecule has 2 aromatic carbocycles. The summed E-state index contributed by atoms with van der Waals surface area (Å²) in [6.07, 6.45) is 2.88. The van der Waals surface area contributed by atoms with E-state index < -0.39 is 0 Å². The minimum atomic E-state index is -0.255. The predicted octanol–water partition coefficient (Wildman–Crippen LogP) is 3.77. The van der Waals surface area contributed by atoms with Gasteiger partial charge in [0.1, 0.15) is 18.2 Å². The Kier molecular flexibility index (Phi) is 6.11. The molecule has 0 aromatic heterocycles. The normalized spacial score (nSPS) is 19.2. The van der Waals surface area contributed by atoms with E-state index in [0.717, 1.165) is 41.7 Å². The van der Waals surface area contributed by atoms with E-state index in [4.69, 9.17) is 10.5 Å². The molecule has 4 nitrogen and oxygen atoms in total. The maximum Gasteiger partial charge on any atom is 0.222 e. The third-order valence-electron chi connectivity index (χ3n) is 5.30. The third-order valence-corrected chi connectivity index (χ3v) is 5.30. The van der Waals surface area contributed by atoms with E-state index in [9.17, 15) is 9.18 Å². The highest BCUT2D eigenvalue weighted by Crippen LogP contribution is 2.28. The van der Waals surface area contributed by atoms with Gasteiger partial charge in [-0.2, -0.15) is 0 Å². The lowest BCUT2D eigenvalue weighted by Gasteiger charge is -2.19. The van der Waals surface area contributed by atoms with Crippen LogP contribution in [-0.2, 0) is 17.9 Å². The summed E-state index contributed by atoms with van der Waals surface area (Å²) in [6, 6.07) is 10.9. The van der Waals surface area contributed by atoms with Gasteiger partial charge in [-0.1, -0.05) is 36.8 Å². The Balaban J connectivity index is 1.64. The number of nitrogens with one attached hydrogen (secondary N) is 1. The first-order valence-electron chi connectivity index (χ1n) is 9.44. The average molecular weight is 370 g/mol. The van der Waals surface area contributed by atoms with Crippen LogP contribution in [0.5, 0.6) is 5.75 Å². The minimum Gasteiger partial charge on any atom is -0.488 e. The van der Waals surface area contributed by atoms with Gasteiger partial charge in [0.05, 0.1) is 5.92 Å². The Hall–Kier alpha value is -2.40. The summed E-state index contributed by atoms with van der Waals surface area (Å²) in [5, 5.41) is 3.48. The molecule has 3 N–H and O–H groups in total. The molecule has 0 spiro atoms. The molecule has 1 saturated carbocycles. The van der Waals surface area contributed by atoms with Crippen molar-refractivity contribution >= 4 is 5.91 Å². The molecule has 1 fully saturated rings. The van der Waals surface area contributed by atoms with Crippen molar-refractivity contribution in [1.29, 1.82) is 0 Å². The van der Waals surface area contributed by atoms with Gasteiger partial charge in [0.15, 0.2) is 0 Å². The molecular formula is C22H27FN2O2. The molecule has 0 saturated heterocycles. The molecule has 27 heavy (non-hydrogen) atoms. The van der Waals surface area contributed by atoms with Crippen LogP contribution in [0.2, 0.25) is 0 Å². The van der Waals surface area contributed by atoms with Crippen LogP contribution < -0.4 is 15.8 Å². The van der Waals surface area contributed by atoms with E-state index in [-0.39, 0.29) is 30.3 Å². The fourth-order valence-electron chi connectivity index (χ4n) is 3.93. The zero-order valence-corrected chi connectivity index (χ0v) is 15.9. The summed E-state index contributed by atoms with van der Waals surface area (Å²) in [4.78, 5) is 11.5. The number of primary amides is 1. The first-order chi connectivity index (χ1) is 13.0. The quantitative estimate of drug-likeness (QED) is 0.780. The number of carbonyl (C=O) groups excluding carboxylic acids is 1. The third kappa shape index (κ3) is 4.66. The Labute approximate surface area is 159 Å². The Morgan fingerprint density at radius 2 is 1.93 bits per heavy atom. The highest BCUT2D eigenvalue weighted by atomic mass is 19.1. The number of amides is 1. The molecule has 1 aliphatic rings. The van der Waals surface area contributed by atoms with Crippen LogP contribution in [0.1, 0.15) is 41.5 Å². The number of ether oxygens (including phenoxy) is 1. The number of benzene rings is 2. The van der Waals surface area contributed by atoms with E-state index in [1.54, 1.807) is 18.2 Å². The SMILES string of the molecule is Cc1cc(CN[C@H]2CCC[C@H]2C(N)=O)cc(C)c1OCc1ccccc1F. The largest absolute Gasteiger partial charge is 0.488 e. The number of nitrogens with two attached hydrogens (primary N) is 1. The lowest BCUT2D eigenvalue weighted by Crippen LogP contribution is -2.38. The minimum absolute atomic E-state index is 0.0735. The predicted molar refractivity (Wildman–Crippen MR) is 104 cm³/mol. The van der Waals surface area contributed by atoms with E-state index >= 15 is 0 Å². The van der Waals surface area contributed by atoms with Crippen LogP contribution in [0.3, 0.4) is 0 Å². The lowest BCUT2D eigenvalue weighted by atomic mass is 10.0. The maximum atomic E-state index is 13.8. The van der Waals surface area contributed by atoms with Crippen molar-refractivity contribution in [3.63, 3.8) is 0 Å². The van der Waals surface area contributed by atoms with Crippen molar-refractivity contribution in [2.24, 2.45) is 11.7 Å². The Morgan fingerprint density at radius 3 is 2.59 bits per heavy atom. The van der Waals surface area contributed by atoms with E-state index in [2.05, 4.69) is 17.4 Å². The summed E-state index contributed by atoms with van der Waals surface area (Å²) in [6.45, 7) is 4.88. The van der Waals surface area contributed by atoms with Gasteiger partial charge in [-0.15, -0.1) is 0 Å². The summed E-state index contributed by atoms with van der Waals surface area (Å²) >= 11 is 0. The summed E-state index contributed by atoms with van der Waals surface area (Å²) < 4.78 is 19.7. The summed E-state index contributed by atoms with van der Waals surface area (Å²) in [7, 11) is 0. The smallest absolute Gasteiger partial charge is 0.222 e. The van der Waals surface area contributed by atoms with Gasteiger partial charge >= 0.3 is 0 Å². The van der Waals surface area contributed by atoms with E-state index in [0.29, 0.717) is 12.1 Å². The van der Waals surface area contributed by atoms with Crippen molar-refractivity contribution in [2.75, 3.05) is 0 Å². The second kappa shape index (κ2) is 8.53. The summed E-state index contributed by atoms with van der Waals surface area (Å²) in [5.74, 6) is 0.247. The molecule has 1 amide bonds. The molecular weight excluding hydrogens is 343 g/mol. The molecule has 2 atom stereocenters. The fourth-order valence-corrected chi connectivity index (χ4v) is 3.93. The lowest BCUT2D eigenvalue weighted by molar-refractivity contribution is -0.122. The molecule has 3 rings (SSSR count). The highest BCUT2D eigenvalue weighted by molar-refractivity contribution is 5.77. The highest BCUT2D eigenvalue weighted by Gasteiger charge is 2.30. The Bertz CT molecular complexity index is 799. The first-order valence-corrected chi connectivity index (χ1v) is 9.44. The van der Waals surface area contributed by atoms with Gasteiger partial charge in [0.2, 0.25) is 5.91 Å². The van der Waals surface area contributed by atoms with Crippen molar-refractivity contribution in [1.82, 2.24) is 5.32 Å². The van der Waals surface area contributed by atoms with Crippen LogP contribution in [-0.4, -0.2) is 11.9 Å². The van der Waals surface area contributed by atoms with Gasteiger partial charge in [-0.3, -0.25) is 4.79 Å². The monoisotopic (exact) mass is 370 g/mol. The van der Waals surface area contributed by atoms with Crippen LogP contribution in [0, 0.1) is 25.6 Å². The number of carbonyl (C=O) groups is 1. The van der Waals surface area contributed by atoms with Crippen molar-refractivity contribution < 1.29 is 13.9 Å². The number of halogens is 1. The van der Waals surface area contributed by atoms with E-state index in [1.165, 1.54) is 6.07 Å². The second-order valence-electron chi connectivity index (χ2n) is 7.37. The molecule has 0 heterocycles. The number of hydrogen-bond acceptors (Lipinski definition) is 3. The van der Waals surface area contributed by atoms with Gasteiger partial charge in [0.25, 0.3) is 0 Å². The van der Waals surface area contributed by atoms with Crippen LogP contribution >= 0.6 is 0 Å². The molecule has 0 bridgehead atoms. The number of rotatable bonds is 7. The maximum absolute atomic E-state index is 13.8. The molecule has 144 valence electrons. The zero-order valence-electron chi connectivity index (χ0n) is 15.9. The van der Waals surface area contributed by atoms with Crippen molar-refractivity contribution in [3.8, 4) is 5.75 Å². The Morgan fingerprint density at radius 1 is 1.22 bits per heavy atom. The molecule has 2 aromatic rings. The van der Waals surface area contributed by atoms with Crippen molar-refractivity contribution in [2.45, 2.75) is 52.3 Å². The first kappa shape index (κ1) is 19.4. The molecule has 0 radical (unpaired) electrons. The summed E-state index contributed by atoms with van der Waals surface area (Å²) in [5.41, 5.74) is 9.20. The van der Waals surface area contributed by atoms with Gasteiger partial charge in [-0.25, -0.2) is 4.39 Å². The molecule has 1 aliphatic carbocycles. The van der Waals surface area contributed by atoms with Crippen LogP contribution in [0.15, 0.2) is 36.4 Å².